The molecular formula is C17H19ClFN3O3. The van der Waals surface area contributed by atoms with E-state index in [1.54, 1.807) is 0 Å². The number of hydrogen-bond acceptors (Lipinski definition) is 3. The van der Waals surface area contributed by atoms with Crippen LogP contribution in [-0.4, -0.2) is 34.8 Å². The Hall–Kier alpha value is -2.15. The van der Waals surface area contributed by atoms with Gasteiger partial charge < -0.3 is 10.6 Å². The number of urea groups is 1. The molecule has 2 fully saturated rings. The van der Waals surface area contributed by atoms with Crippen LogP contribution < -0.4 is 10.6 Å². The van der Waals surface area contributed by atoms with Crippen molar-refractivity contribution in [3.05, 3.63) is 29.0 Å². The molecular weight excluding hydrogens is 349 g/mol. The number of carbonyl (C=O) groups excluding carboxylic acids is 3. The van der Waals surface area contributed by atoms with Crippen LogP contribution >= 0.6 is 11.6 Å². The van der Waals surface area contributed by atoms with E-state index in [0.29, 0.717) is 18.5 Å². The third-order valence-electron chi connectivity index (χ3n) is 4.71. The molecule has 1 saturated carbocycles. The van der Waals surface area contributed by atoms with Crippen LogP contribution in [0, 0.1) is 5.82 Å². The molecule has 1 saturated heterocycles. The smallest absolute Gasteiger partial charge is 0.324 e. The number of halogens is 2. The summed E-state index contributed by atoms with van der Waals surface area (Å²) in [4.78, 5) is 38.0. The summed E-state index contributed by atoms with van der Waals surface area (Å²) < 4.78 is 13.2. The molecule has 0 unspecified atom stereocenters. The summed E-state index contributed by atoms with van der Waals surface area (Å²) in [6, 6.07) is 3.22. The summed E-state index contributed by atoms with van der Waals surface area (Å²) in [5.41, 5.74) is -0.569. The summed E-state index contributed by atoms with van der Waals surface area (Å²) in [5.74, 6) is -1.48. The van der Waals surface area contributed by atoms with Crippen molar-refractivity contribution >= 4 is 35.1 Å². The van der Waals surface area contributed by atoms with E-state index >= 15 is 0 Å². The Balaban J connectivity index is 1.67. The third kappa shape index (κ3) is 3.61. The van der Waals surface area contributed by atoms with Crippen LogP contribution in [-0.2, 0) is 9.59 Å². The SMILES string of the molecule is O=C(CN1C(=O)NC2(CCCCCC2)C1=O)Nc1ccc(F)c(Cl)c1. The van der Waals surface area contributed by atoms with Crippen molar-refractivity contribution in [2.24, 2.45) is 0 Å². The second-order valence-corrected chi connectivity index (χ2v) is 6.90. The molecule has 1 heterocycles. The van der Waals surface area contributed by atoms with Crippen LogP contribution in [0.2, 0.25) is 5.02 Å². The number of nitrogens with one attached hydrogen (secondary N) is 2. The average Bonchev–Trinajstić information content (AvgIpc) is 2.74. The second kappa shape index (κ2) is 7.00. The fraction of sp³-hybridized carbons (Fsp3) is 0.471. The predicted molar refractivity (Wildman–Crippen MR) is 90.7 cm³/mol. The maximum Gasteiger partial charge on any atom is 0.325 e. The van der Waals surface area contributed by atoms with E-state index in [-0.39, 0.29) is 17.5 Å². The second-order valence-electron chi connectivity index (χ2n) is 6.49. The molecule has 0 radical (unpaired) electrons. The predicted octanol–water partition coefficient (Wildman–Crippen LogP) is 3.06. The lowest BCUT2D eigenvalue weighted by Crippen LogP contribution is -2.47. The first-order valence-corrected chi connectivity index (χ1v) is 8.68. The number of imide groups is 1. The Labute approximate surface area is 149 Å². The molecule has 3 rings (SSSR count). The standard InChI is InChI=1S/C17H19ClFN3O3/c18-12-9-11(5-6-13(12)19)20-14(23)10-22-15(24)17(21-16(22)25)7-3-1-2-4-8-17/h5-6,9H,1-4,7-8,10H2,(H,20,23)(H,21,25). The van der Waals surface area contributed by atoms with Gasteiger partial charge in [-0.2, -0.15) is 0 Å². The zero-order chi connectivity index (χ0) is 18.0. The monoisotopic (exact) mass is 367 g/mol. The molecule has 1 aliphatic heterocycles. The van der Waals surface area contributed by atoms with Gasteiger partial charge in [0.25, 0.3) is 5.91 Å². The van der Waals surface area contributed by atoms with Crippen molar-refractivity contribution < 1.29 is 18.8 Å². The minimum absolute atomic E-state index is 0.120. The highest BCUT2D eigenvalue weighted by Gasteiger charge is 2.51. The van der Waals surface area contributed by atoms with E-state index in [4.69, 9.17) is 11.6 Å². The number of anilines is 1. The van der Waals surface area contributed by atoms with Gasteiger partial charge in [-0.15, -0.1) is 0 Å². The molecule has 1 aromatic carbocycles. The van der Waals surface area contributed by atoms with E-state index < -0.39 is 23.3 Å². The first kappa shape index (κ1) is 17.7. The molecule has 2 N–H and O–H groups in total. The lowest BCUT2D eigenvalue weighted by molar-refractivity contribution is -0.134. The zero-order valence-corrected chi connectivity index (χ0v) is 14.4. The Morgan fingerprint density at radius 3 is 2.56 bits per heavy atom. The number of rotatable bonds is 3. The molecule has 8 heteroatoms. The largest absolute Gasteiger partial charge is 0.325 e. The van der Waals surface area contributed by atoms with Gasteiger partial charge in [0.05, 0.1) is 5.02 Å². The highest BCUT2D eigenvalue weighted by molar-refractivity contribution is 6.31. The Bertz CT molecular complexity index is 717. The number of carbonyl (C=O) groups is 3. The molecule has 134 valence electrons. The zero-order valence-electron chi connectivity index (χ0n) is 13.6. The van der Waals surface area contributed by atoms with E-state index in [2.05, 4.69) is 10.6 Å². The average molecular weight is 368 g/mol. The quantitative estimate of drug-likeness (QED) is 0.806. The summed E-state index contributed by atoms with van der Waals surface area (Å²) in [6.07, 6.45) is 5.03. The summed E-state index contributed by atoms with van der Waals surface area (Å²) in [7, 11) is 0. The van der Waals surface area contributed by atoms with Gasteiger partial charge in [0.1, 0.15) is 17.9 Å². The van der Waals surface area contributed by atoms with Crippen LogP contribution in [0.4, 0.5) is 14.9 Å². The van der Waals surface area contributed by atoms with E-state index in [9.17, 15) is 18.8 Å². The van der Waals surface area contributed by atoms with Gasteiger partial charge >= 0.3 is 6.03 Å². The van der Waals surface area contributed by atoms with Crippen LogP contribution in [0.3, 0.4) is 0 Å². The molecule has 25 heavy (non-hydrogen) atoms. The van der Waals surface area contributed by atoms with Gasteiger partial charge in [-0.3, -0.25) is 14.5 Å². The van der Waals surface area contributed by atoms with Crippen molar-refractivity contribution in [2.75, 3.05) is 11.9 Å². The summed E-state index contributed by atoms with van der Waals surface area (Å²) >= 11 is 5.67. The maximum atomic E-state index is 13.2. The van der Waals surface area contributed by atoms with Crippen LogP contribution in [0.1, 0.15) is 38.5 Å². The van der Waals surface area contributed by atoms with Gasteiger partial charge in [-0.25, -0.2) is 9.18 Å². The normalized spacial score (nSPS) is 19.7. The van der Waals surface area contributed by atoms with Crippen molar-refractivity contribution in [3.63, 3.8) is 0 Å². The maximum absolute atomic E-state index is 13.2. The molecule has 4 amide bonds. The fourth-order valence-electron chi connectivity index (χ4n) is 3.41. The van der Waals surface area contributed by atoms with Crippen molar-refractivity contribution in [2.45, 2.75) is 44.1 Å². The number of hydrogen-bond donors (Lipinski definition) is 2. The molecule has 0 aromatic heterocycles. The lowest BCUT2D eigenvalue weighted by atomic mass is 9.90. The lowest BCUT2D eigenvalue weighted by Gasteiger charge is -2.24. The van der Waals surface area contributed by atoms with Crippen LogP contribution in [0.25, 0.3) is 0 Å². The number of amides is 4. The molecule has 1 aliphatic carbocycles. The van der Waals surface area contributed by atoms with Gasteiger partial charge in [0, 0.05) is 5.69 Å². The van der Waals surface area contributed by atoms with E-state index in [1.165, 1.54) is 12.1 Å². The summed E-state index contributed by atoms with van der Waals surface area (Å²) in [5, 5.41) is 5.18. The van der Waals surface area contributed by atoms with Crippen molar-refractivity contribution in [1.29, 1.82) is 0 Å². The van der Waals surface area contributed by atoms with Gasteiger partial charge in [-0.1, -0.05) is 37.3 Å². The topological polar surface area (TPSA) is 78.5 Å². The minimum Gasteiger partial charge on any atom is -0.324 e. The summed E-state index contributed by atoms with van der Waals surface area (Å²) in [6.45, 7) is -0.387. The molecule has 6 nitrogen and oxygen atoms in total. The highest BCUT2D eigenvalue weighted by Crippen LogP contribution is 2.32. The minimum atomic E-state index is -0.868. The Morgan fingerprint density at radius 2 is 1.92 bits per heavy atom. The van der Waals surface area contributed by atoms with Crippen molar-refractivity contribution in [1.82, 2.24) is 10.2 Å². The van der Waals surface area contributed by atoms with Crippen LogP contribution in [0.15, 0.2) is 18.2 Å². The first-order chi connectivity index (χ1) is 11.9. The highest BCUT2D eigenvalue weighted by atomic mass is 35.5. The first-order valence-electron chi connectivity index (χ1n) is 8.30. The van der Waals surface area contributed by atoms with E-state index in [1.807, 2.05) is 0 Å². The third-order valence-corrected chi connectivity index (χ3v) is 5.00. The van der Waals surface area contributed by atoms with Gasteiger partial charge in [0.2, 0.25) is 5.91 Å². The molecule has 1 aromatic rings. The molecule has 1 spiro atoms. The van der Waals surface area contributed by atoms with Crippen molar-refractivity contribution in [3.8, 4) is 0 Å². The number of benzene rings is 1. The molecule has 0 atom stereocenters. The van der Waals surface area contributed by atoms with Crippen LogP contribution in [0.5, 0.6) is 0 Å². The molecule has 0 bridgehead atoms. The number of nitrogens with zero attached hydrogens (tertiary/aromatic N) is 1. The van der Waals surface area contributed by atoms with Gasteiger partial charge in [-0.05, 0) is 31.0 Å². The van der Waals surface area contributed by atoms with Gasteiger partial charge in [0.15, 0.2) is 0 Å². The fourth-order valence-corrected chi connectivity index (χ4v) is 3.59. The van der Waals surface area contributed by atoms with E-state index in [0.717, 1.165) is 36.6 Å². The Morgan fingerprint density at radius 1 is 1.24 bits per heavy atom. The molecule has 2 aliphatic rings. The Kier molecular flexibility index (Phi) is 4.94.